The lowest BCUT2D eigenvalue weighted by Gasteiger charge is -2.70. The maximum Gasteiger partial charge on any atom is 0.407 e. The molecule has 666 valence electrons. The van der Waals surface area contributed by atoms with Crippen molar-refractivity contribution in [2.45, 2.75) is 335 Å². The fraction of sp³-hybridized carbons (Fsp3) is 0.818. The molecule has 13 fully saturated rings. The van der Waals surface area contributed by atoms with Gasteiger partial charge in [0, 0.05) is 67.5 Å². The van der Waals surface area contributed by atoms with Crippen molar-refractivity contribution >= 4 is 90.4 Å². The number of nitrogens with two attached hydrogens (primary N) is 1. The highest BCUT2D eigenvalue weighted by Gasteiger charge is 2.86. The molecule has 27 atom stereocenters. The minimum atomic E-state index is -2.21. The van der Waals surface area contributed by atoms with E-state index < -0.39 is 115 Å². The number of hydrogen-bond donors (Lipinski definition) is 3. The SMILES string of the molecule is C.C.COC(=O)[C@]12CCC(C)(C)C[C@H]1[C@H]1C(=O)C=C3[C@]4(C)[C@@H](CC[C@@]3(C)[C@]1(C)CC2)C(C)(C)C(=O)[C@]1(C(N)=O)O[C@@H]14.[3H]C.[C-]#[N+]C1(Br)C(=O)C(C)(C)[C@@H]2CC[C@]3(C)C(=CC(=O)[C@@H]4[C@@H]5CC(C)(C)CC[C@]5(C(=O)OC)CC[C@]43C)[C@@]2(C)C1O.[C-]#[N+]C1(O)C(=O)C(C)(C)[C@@H]2CC[C@]3(C)C(=CC(=O)[C@@H]4[C@@H]5CC(C)(C)CC[C@]5(C(=O)OC)CC[C@]43C)[C@@]2(C)C1Br. The summed E-state index contributed by atoms with van der Waals surface area (Å²) in [6, 6.07) is 0. The molecule has 0 bridgehead atoms. The lowest BCUT2D eigenvalue weighted by molar-refractivity contribution is -0.198. The molecule has 1 saturated heterocycles. The highest BCUT2D eigenvalue weighted by molar-refractivity contribution is 9.10. The molecule has 15 aliphatic carbocycles. The van der Waals surface area contributed by atoms with E-state index in [9.17, 15) is 58.2 Å². The fourth-order valence-corrected chi connectivity index (χ4v) is 34.3. The number of primary amides is 1. The van der Waals surface area contributed by atoms with Crippen molar-refractivity contribution in [1.82, 2.24) is 0 Å². The second kappa shape index (κ2) is 28.5. The van der Waals surface area contributed by atoms with Gasteiger partial charge < -0.3 is 34.9 Å². The number of carbonyl (C=O) groups is 10. The maximum atomic E-state index is 14.5. The number of epoxide rings is 1. The first-order valence-electron chi connectivity index (χ1n) is 44.7. The van der Waals surface area contributed by atoms with Crippen molar-refractivity contribution in [2.24, 2.45) is 156 Å². The van der Waals surface area contributed by atoms with Crippen LogP contribution in [0.2, 0.25) is 0 Å². The quantitative estimate of drug-likeness (QED) is 0.0448. The summed E-state index contributed by atoms with van der Waals surface area (Å²) in [7, 11) is 5.65. The van der Waals surface area contributed by atoms with E-state index >= 15 is 0 Å². The molecule has 0 radical (unpaired) electrons. The molecule has 4 N–H and O–H groups in total. The van der Waals surface area contributed by atoms with Crippen molar-refractivity contribution in [3.8, 4) is 0 Å². The van der Waals surface area contributed by atoms with E-state index in [1.54, 1.807) is 6.08 Å². The van der Waals surface area contributed by atoms with Crippen molar-refractivity contribution < 1.29 is 78.5 Å². The molecule has 16 aliphatic rings. The highest BCUT2D eigenvalue weighted by Crippen LogP contribution is 2.82. The zero-order valence-corrected chi connectivity index (χ0v) is 78.5. The summed E-state index contributed by atoms with van der Waals surface area (Å²) < 4.78 is 26.3. The number of allylic oxidation sites excluding steroid dienone is 4. The van der Waals surface area contributed by atoms with E-state index in [1.165, 1.54) is 28.7 Å². The minimum Gasteiger partial charge on any atom is -0.469 e. The molecule has 19 nitrogen and oxygen atoms in total. The molecule has 1 aliphatic heterocycles. The maximum absolute atomic E-state index is 14.5. The molecular formula is C99H145Br2N3O16. The van der Waals surface area contributed by atoms with Crippen LogP contribution in [-0.4, -0.2) is 123 Å². The molecule has 1 heterocycles. The molecule has 0 aromatic heterocycles. The lowest BCUT2D eigenvalue weighted by atomic mass is 9.33. The Morgan fingerprint density at radius 1 is 0.458 bits per heavy atom. The van der Waals surface area contributed by atoms with Crippen LogP contribution in [0, 0.1) is 164 Å². The molecule has 21 heteroatoms. The number of rotatable bonds is 4. The van der Waals surface area contributed by atoms with E-state index in [1.807, 2.05) is 67.5 Å². The summed E-state index contributed by atoms with van der Waals surface area (Å²) in [5, 5.41) is 23.4. The third-order valence-electron chi connectivity index (χ3n) is 39.6. The smallest absolute Gasteiger partial charge is 0.407 e. The Balaban J connectivity index is 0.000000174. The molecule has 0 spiro atoms. The number of ether oxygens (including phenoxy) is 4. The number of hydrogen-bond acceptors (Lipinski definition) is 16. The Morgan fingerprint density at radius 3 is 1.07 bits per heavy atom. The molecule has 0 aromatic rings. The zero-order valence-electron chi connectivity index (χ0n) is 76.3. The van der Waals surface area contributed by atoms with Gasteiger partial charge in [-0.15, -0.1) is 0 Å². The van der Waals surface area contributed by atoms with Crippen LogP contribution < -0.4 is 5.73 Å². The zero-order chi connectivity index (χ0) is 89.1. The molecule has 12 saturated carbocycles. The number of methoxy groups -OCH3 is 3. The Kier molecular flexibility index (Phi) is 22.3. The third-order valence-corrected chi connectivity index (χ3v) is 42.1. The summed E-state index contributed by atoms with van der Waals surface area (Å²) in [4.78, 5) is 144. The van der Waals surface area contributed by atoms with Crippen LogP contribution in [0.5, 0.6) is 0 Å². The number of esters is 3. The van der Waals surface area contributed by atoms with Crippen LogP contribution in [0.25, 0.3) is 9.69 Å². The van der Waals surface area contributed by atoms with E-state index in [4.69, 9.17) is 39.2 Å². The molecular weight excluding hydrogens is 1650 g/mol. The van der Waals surface area contributed by atoms with Crippen LogP contribution in [0.1, 0.15) is 304 Å². The van der Waals surface area contributed by atoms with Crippen LogP contribution in [-0.2, 0) is 66.9 Å². The van der Waals surface area contributed by atoms with Crippen molar-refractivity contribution in [2.75, 3.05) is 21.3 Å². The van der Waals surface area contributed by atoms with Gasteiger partial charge >= 0.3 is 28.1 Å². The number of halogens is 2. The van der Waals surface area contributed by atoms with Gasteiger partial charge in [-0.1, -0.05) is 200 Å². The number of amides is 1. The van der Waals surface area contributed by atoms with E-state index in [0.717, 1.165) is 126 Å². The average molecular weight is 1800 g/mol. The predicted molar refractivity (Wildman–Crippen MR) is 467 cm³/mol. The average Bonchev–Trinajstić information content (AvgIpc) is 1.59. The van der Waals surface area contributed by atoms with Crippen LogP contribution in [0.4, 0.5) is 0 Å². The third kappa shape index (κ3) is 11.4. The van der Waals surface area contributed by atoms with E-state index in [2.05, 4.69) is 132 Å². The first-order valence-corrected chi connectivity index (χ1v) is 45.5. The van der Waals surface area contributed by atoms with Crippen LogP contribution >= 0.6 is 31.9 Å². The van der Waals surface area contributed by atoms with Gasteiger partial charge in [0.25, 0.3) is 11.7 Å². The number of Topliss-reactive ketones (excluding diaryl/α,β-unsaturated/α-hetero) is 3. The highest BCUT2D eigenvalue weighted by atomic mass is 79.9. The van der Waals surface area contributed by atoms with Gasteiger partial charge in [-0.05, 0) is 237 Å². The molecule has 1 amide bonds. The monoisotopic (exact) mass is 1790 g/mol. The van der Waals surface area contributed by atoms with Gasteiger partial charge in [0.2, 0.25) is 11.4 Å². The van der Waals surface area contributed by atoms with Gasteiger partial charge in [0.1, 0.15) is 10.9 Å². The van der Waals surface area contributed by atoms with Gasteiger partial charge in [0.05, 0.1) is 37.6 Å². The number of alkyl halides is 2. The second-order valence-corrected chi connectivity index (χ2v) is 48.8. The Bertz CT molecular complexity index is 4430. The Morgan fingerprint density at radius 2 is 0.750 bits per heavy atom. The molecule has 16 rings (SSSR count). The first-order chi connectivity index (χ1) is 54.6. The number of ketones is 6. The van der Waals surface area contributed by atoms with Gasteiger partial charge in [-0.2, -0.15) is 0 Å². The number of aliphatic hydroxyl groups is 2. The van der Waals surface area contributed by atoms with Gasteiger partial charge in [0.15, 0.2) is 29.2 Å². The van der Waals surface area contributed by atoms with E-state index in [0.29, 0.717) is 25.7 Å². The van der Waals surface area contributed by atoms with Crippen LogP contribution in [0.15, 0.2) is 34.9 Å². The molecule has 4 unspecified atom stereocenters. The van der Waals surface area contributed by atoms with Gasteiger partial charge in [-0.25, -0.2) is 13.1 Å². The Labute approximate surface area is 735 Å². The van der Waals surface area contributed by atoms with E-state index in [-0.39, 0.29) is 142 Å². The van der Waals surface area contributed by atoms with Crippen molar-refractivity contribution in [1.29, 1.82) is 0 Å². The predicted octanol–water partition coefficient (Wildman–Crippen LogP) is 19.1. The summed E-state index contributed by atoms with van der Waals surface area (Å²) in [5.41, 5.74) is -4.40. The summed E-state index contributed by atoms with van der Waals surface area (Å²) in [6.45, 7) is 60.2. The number of carbonyl (C=O) groups excluding carboxylic acids is 10. The van der Waals surface area contributed by atoms with Crippen molar-refractivity contribution in [3.63, 3.8) is 0 Å². The number of aliphatic hydroxyl groups excluding tert-OH is 1. The number of nitrogens with zero attached hydrogens (tertiary/aromatic N) is 2. The van der Waals surface area contributed by atoms with Crippen LogP contribution in [0.3, 0.4) is 0 Å². The number of fused-ring (bicyclic) bond motifs is 23. The second-order valence-electron chi connectivity index (χ2n) is 46.7. The summed E-state index contributed by atoms with van der Waals surface area (Å²) in [5.74, 6) is -3.76. The Hall–Kier alpha value is -5.06. The van der Waals surface area contributed by atoms with Gasteiger partial charge in [-0.3, -0.25) is 57.6 Å². The fourth-order valence-electron chi connectivity index (χ4n) is 32.5. The standard InChI is InChI=1S/2C32H44BrNO5.C32H45NO6.3CH4/c1-26(2)12-14-31(25(37)39-9)15-13-29(6)22(18(31)17-26)19(35)16-21-28(29,5)11-10-20-27(3,4)24(36)32(38,34-8)23(33)30(20,21)7;1-26(2)12-14-31(25(38)39-9)15-13-29(6)22(18(31)17-26)19(35)16-21-28(29,5)11-10-20-27(3,4)23(36)32(33,34-8)24(37)30(20,21)7;1-26(2)11-13-31(25(37)38-8)14-12-29(6)21(17(31)16-26)18(34)15-20-28(29,5)10-9-19-27(3,4)22(35)32(24(33)36)23(39-32)30(19,20)7;;;/h16,18,20,22-23,38H,10-15,17H2,1-7,9H3;16,18,20,22,24,37H,10-15,17H2,1-7,9H3;15,17,19,21,23H,9-14,16H2,1-8H3,(H2,33,36);3*1H4/t18-,20-,22-,23?,28+,29+,30-,31-,32?;18-,20-,22-,24?,28+,29+,30-,31-,32?;17-,19-,21-,23+,28+,29+,30-,31-,32-;;;/m000.../s1/i;;;1T;;. The lowest BCUT2D eigenvalue weighted by Crippen LogP contribution is -2.71. The first kappa shape index (κ1) is 94.1. The topological polar surface area (TPSA) is 286 Å². The van der Waals surface area contributed by atoms with Crippen molar-refractivity contribution in [3.05, 3.63) is 57.8 Å². The summed E-state index contributed by atoms with van der Waals surface area (Å²) in [6.07, 6.45) is 19.9. The molecule has 0 aromatic carbocycles. The molecule has 120 heavy (non-hydrogen) atoms. The summed E-state index contributed by atoms with van der Waals surface area (Å²) >= 11 is 7.08. The normalized spacial score (nSPS) is 48.9. The largest absolute Gasteiger partial charge is 0.469 e. The minimum absolute atomic E-state index is 0.